The van der Waals surface area contributed by atoms with Crippen molar-refractivity contribution >= 4 is 11.7 Å². The number of carbonyl (C=O) groups is 1. The Hall–Kier alpha value is -3.22. The summed E-state index contributed by atoms with van der Waals surface area (Å²) in [6.07, 6.45) is 9.90. The molecule has 27 heavy (non-hydrogen) atoms. The van der Waals surface area contributed by atoms with Crippen LogP contribution in [0, 0.1) is 0 Å². The number of aromatic nitrogens is 4. The van der Waals surface area contributed by atoms with E-state index < -0.39 is 0 Å². The summed E-state index contributed by atoms with van der Waals surface area (Å²) in [4.78, 5) is 30.9. The SMILES string of the molecule is O=C(NCCc1cnc[nH]1)c1cccc(-c2nccnc2N2CCCC2)c1. The Balaban J connectivity index is 1.50. The lowest BCUT2D eigenvalue weighted by atomic mass is 10.1. The summed E-state index contributed by atoms with van der Waals surface area (Å²) >= 11 is 0. The molecule has 138 valence electrons. The average Bonchev–Trinajstić information content (AvgIpc) is 3.42. The molecule has 0 aliphatic carbocycles. The molecule has 7 heteroatoms. The van der Waals surface area contributed by atoms with Crippen molar-refractivity contribution in [2.45, 2.75) is 19.3 Å². The Morgan fingerprint density at radius 2 is 2.04 bits per heavy atom. The van der Waals surface area contributed by atoms with Crippen molar-refractivity contribution in [2.75, 3.05) is 24.5 Å². The maximum atomic E-state index is 12.5. The zero-order valence-corrected chi connectivity index (χ0v) is 15.1. The number of rotatable bonds is 6. The van der Waals surface area contributed by atoms with Gasteiger partial charge in [0.05, 0.1) is 6.33 Å². The van der Waals surface area contributed by atoms with Crippen LogP contribution < -0.4 is 10.2 Å². The van der Waals surface area contributed by atoms with Gasteiger partial charge in [-0.25, -0.2) is 9.97 Å². The molecule has 0 unspecified atom stereocenters. The third-order valence-electron chi connectivity index (χ3n) is 4.72. The van der Waals surface area contributed by atoms with E-state index in [4.69, 9.17) is 0 Å². The smallest absolute Gasteiger partial charge is 0.251 e. The van der Waals surface area contributed by atoms with Gasteiger partial charge in [0.15, 0.2) is 5.82 Å². The number of nitrogens with zero attached hydrogens (tertiary/aromatic N) is 4. The van der Waals surface area contributed by atoms with E-state index in [2.05, 4.69) is 30.2 Å². The summed E-state index contributed by atoms with van der Waals surface area (Å²) in [6.45, 7) is 2.55. The molecule has 0 atom stereocenters. The maximum Gasteiger partial charge on any atom is 0.251 e. The zero-order valence-electron chi connectivity index (χ0n) is 15.1. The molecule has 0 spiro atoms. The summed E-state index contributed by atoms with van der Waals surface area (Å²) in [5, 5.41) is 2.95. The van der Waals surface area contributed by atoms with Gasteiger partial charge in [0.1, 0.15) is 5.69 Å². The molecular formula is C20H22N6O. The minimum absolute atomic E-state index is 0.0945. The van der Waals surface area contributed by atoms with Crippen LogP contribution in [0.4, 0.5) is 5.82 Å². The van der Waals surface area contributed by atoms with Gasteiger partial charge in [-0.3, -0.25) is 9.78 Å². The quantitative estimate of drug-likeness (QED) is 0.703. The largest absolute Gasteiger partial charge is 0.355 e. The van der Waals surface area contributed by atoms with Crippen LogP contribution >= 0.6 is 0 Å². The number of anilines is 1. The highest BCUT2D eigenvalue weighted by atomic mass is 16.1. The number of imidazole rings is 1. The van der Waals surface area contributed by atoms with Crippen molar-refractivity contribution in [3.63, 3.8) is 0 Å². The summed E-state index contributed by atoms with van der Waals surface area (Å²) < 4.78 is 0. The predicted octanol–water partition coefficient (Wildman–Crippen LogP) is 2.44. The number of hydrogen-bond donors (Lipinski definition) is 2. The molecule has 3 aromatic rings. The first kappa shape index (κ1) is 17.2. The van der Waals surface area contributed by atoms with Gasteiger partial charge in [0.25, 0.3) is 5.91 Å². The van der Waals surface area contributed by atoms with Gasteiger partial charge in [0.2, 0.25) is 0 Å². The summed E-state index contributed by atoms with van der Waals surface area (Å²) in [5.74, 6) is 0.801. The monoisotopic (exact) mass is 362 g/mol. The molecule has 0 radical (unpaired) electrons. The van der Waals surface area contributed by atoms with Gasteiger partial charge in [-0.2, -0.15) is 0 Å². The van der Waals surface area contributed by atoms with Gasteiger partial charge >= 0.3 is 0 Å². The fourth-order valence-corrected chi connectivity index (χ4v) is 3.34. The fourth-order valence-electron chi connectivity index (χ4n) is 3.34. The molecule has 3 heterocycles. The molecule has 1 amide bonds. The van der Waals surface area contributed by atoms with Crippen molar-refractivity contribution in [2.24, 2.45) is 0 Å². The molecule has 1 aromatic carbocycles. The minimum atomic E-state index is -0.0945. The van der Waals surface area contributed by atoms with Crippen LogP contribution in [0.5, 0.6) is 0 Å². The lowest BCUT2D eigenvalue weighted by Crippen LogP contribution is -2.25. The molecule has 1 fully saturated rings. The Kier molecular flexibility index (Phi) is 5.09. The van der Waals surface area contributed by atoms with Crippen molar-refractivity contribution in [1.82, 2.24) is 25.3 Å². The predicted molar refractivity (Wildman–Crippen MR) is 104 cm³/mol. The minimum Gasteiger partial charge on any atom is -0.355 e. The first-order valence-corrected chi connectivity index (χ1v) is 9.23. The van der Waals surface area contributed by atoms with Gasteiger partial charge in [0, 0.05) is 61.5 Å². The van der Waals surface area contributed by atoms with Gasteiger partial charge in [-0.1, -0.05) is 12.1 Å². The lowest BCUT2D eigenvalue weighted by Gasteiger charge is -2.19. The molecule has 1 aliphatic rings. The molecule has 7 nitrogen and oxygen atoms in total. The number of hydrogen-bond acceptors (Lipinski definition) is 5. The molecule has 0 bridgehead atoms. The number of aromatic amines is 1. The van der Waals surface area contributed by atoms with E-state index in [1.807, 2.05) is 24.3 Å². The van der Waals surface area contributed by atoms with E-state index in [1.165, 1.54) is 12.8 Å². The second kappa shape index (κ2) is 7.99. The van der Waals surface area contributed by atoms with E-state index in [-0.39, 0.29) is 5.91 Å². The standard InChI is InChI=1S/C20H22N6O/c27-20(24-7-6-17-13-21-14-25-17)16-5-3-4-15(12-16)18-19(23-9-8-22-18)26-10-1-2-11-26/h3-5,8-9,12-14H,1-2,6-7,10-11H2,(H,21,25)(H,24,27). The molecular weight excluding hydrogens is 340 g/mol. The van der Waals surface area contributed by atoms with Crippen LogP contribution in [0.3, 0.4) is 0 Å². The van der Waals surface area contributed by atoms with Crippen LogP contribution in [0.2, 0.25) is 0 Å². The highest BCUT2D eigenvalue weighted by molar-refractivity contribution is 5.95. The first-order chi connectivity index (χ1) is 13.3. The number of nitrogens with one attached hydrogen (secondary N) is 2. The van der Waals surface area contributed by atoms with E-state index in [9.17, 15) is 4.79 Å². The molecule has 2 N–H and O–H groups in total. The van der Waals surface area contributed by atoms with E-state index in [0.717, 1.165) is 35.9 Å². The third-order valence-corrected chi connectivity index (χ3v) is 4.72. The molecule has 0 saturated carbocycles. The fraction of sp³-hybridized carbons (Fsp3) is 0.300. The second-order valence-electron chi connectivity index (χ2n) is 6.59. The lowest BCUT2D eigenvalue weighted by molar-refractivity contribution is 0.0954. The Labute approximate surface area is 157 Å². The normalized spacial score (nSPS) is 13.7. The Morgan fingerprint density at radius 1 is 1.19 bits per heavy atom. The highest BCUT2D eigenvalue weighted by Gasteiger charge is 2.19. The van der Waals surface area contributed by atoms with Crippen molar-refractivity contribution in [1.29, 1.82) is 0 Å². The van der Waals surface area contributed by atoms with Crippen molar-refractivity contribution in [3.05, 3.63) is 60.4 Å². The zero-order chi connectivity index (χ0) is 18.5. The number of carbonyl (C=O) groups excluding carboxylic acids is 1. The van der Waals surface area contributed by atoms with E-state index in [0.29, 0.717) is 18.5 Å². The van der Waals surface area contributed by atoms with Gasteiger partial charge < -0.3 is 15.2 Å². The third kappa shape index (κ3) is 3.97. The molecule has 2 aromatic heterocycles. The topological polar surface area (TPSA) is 86.8 Å². The van der Waals surface area contributed by atoms with Crippen LogP contribution in [0.25, 0.3) is 11.3 Å². The number of amides is 1. The van der Waals surface area contributed by atoms with Crippen LogP contribution in [-0.4, -0.2) is 45.5 Å². The number of benzene rings is 1. The number of H-pyrrole nitrogens is 1. The van der Waals surface area contributed by atoms with E-state index >= 15 is 0 Å². The van der Waals surface area contributed by atoms with Gasteiger partial charge in [-0.15, -0.1) is 0 Å². The van der Waals surface area contributed by atoms with Crippen molar-refractivity contribution in [3.8, 4) is 11.3 Å². The van der Waals surface area contributed by atoms with Crippen LogP contribution in [0.1, 0.15) is 28.9 Å². The van der Waals surface area contributed by atoms with Crippen molar-refractivity contribution < 1.29 is 4.79 Å². The molecule has 1 saturated heterocycles. The molecule has 4 rings (SSSR count). The highest BCUT2D eigenvalue weighted by Crippen LogP contribution is 2.29. The Bertz CT molecular complexity index is 902. The summed E-state index contributed by atoms with van der Waals surface area (Å²) in [5.41, 5.74) is 3.35. The molecule has 1 aliphatic heterocycles. The second-order valence-corrected chi connectivity index (χ2v) is 6.59. The van der Waals surface area contributed by atoms with Crippen LogP contribution in [-0.2, 0) is 6.42 Å². The summed E-state index contributed by atoms with van der Waals surface area (Å²) in [6, 6.07) is 7.57. The van der Waals surface area contributed by atoms with E-state index in [1.54, 1.807) is 24.9 Å². The van der Waals surface area contributed by atoms with Crippen LogP contribution in [0.15, 0.2) is 49.2 Å². The van der Waals surface area contributed by atoms with Gasteiger partial charge in [-0.05, 0) is 25.0 Å². The average molecular weight is 362 g/mol. The Morgan fingerprint density at radius 3 is 2.85 bits per heavy atom. The maximum absolute atomic E-state index is 12.5. The first-order valence-electron chi connectivity index (χ1n) is 9.23. The summed E-state index contributed by atoms with van der Waals surface area (Å²) in [7, 11) is 0.